The molecule has 27 heavy (non-hydrogen) atoms. The summed E-state index contributed by atoms with van der Waals surface area (Å²) in [5.41, 5.74) is 3.57. The van der Waals surface area contributed by atoms with Crippen LogP contribution in [0.5, 0.6) is 0 Å². The first-order chi connectivity index (χ1) is 13.2. The van der Waals surface area contributed by atoms with E-state index in [0.717, 1.165) is 29.7 Å². The summed E-state index contributed by atoms with van der Waals surface area (Å²) in [7, 11) is 0. The molecule has 1 fully saturated rings. The molecule has 4 rings (SSSR count). The molecule has 0 unspecified atom stereocenters. The first-order valence-corrected chi connectivity index (χ1v) is 9.77. The maximum atomic E-state index is 12.5. The largest absolute Gasteiger partial charge is 0.348 e. The minimum atomic E-state index is -0.0986. The third-order valence-corrected chi connectivity index (χ3v) is 5.36. The van der Waals surface area contributed by atoms with Crippen molar-refractivity contribution in [2.45, 2.75) is 25.9 Å². The Bertz CT molecular complexity index is 929. The van der Waals surface area contributed by atoms with Crippen LogP contribution in [0.2, 0.25) is 5.02 Å². The van der Waals surface area contributed by atoms with Gasteiger partial charge in [0.2, 0.25) is 0 Å². The lowest BCUT2D eigenvalue weighted by molar-refractivity contribution is 0.0951. The van der Waals surface area contributed by atoms with Gasteiger partial charge in [0.05, 0.1) is 17.4 Å². The van der Waals surface area contributed by atoms with Gasteiger partial charge in [0.15, 0.2) is 0 Å². The van der Waals surface area contributed by atoms with Gasteiger partial charge in [0.1, 0.15) is 0 Å². The molecule has 140 valence electrons. The lowest BCUT2D eigenvalue weighted by Gasteiger charge is -2.15. The molecule has 5 nitrogen and oxygen atoms in total. The Morgan fingerprint density at radius 1 is 1.07 bits per heavy atom. The molecule has 0 radical (unpaired) electrons. The van der Waals surface area contributed by atoms with Crippen molar-refractivity contribution < 1.29 is 4.79 Å². The molecule has 1 aromatic heterocycles. The monoisotopic (exact) mass is 382 g/mol. The lowest BCUT2D eigenvalue weighted by Crippen LogP contribution is -2.24. The van der Waals surface area contributed by atoms with Gasteiger partial charge in [-0.25, -0.2) is 4.98 Å². The zero-order valence-electron chi connectivity index (χ0n) is 15.2. The second-order valence-corrected chi connectivity index (χ2v) is 7.44. The van der Waals surface area contributed by atoms with Crippen molar-refractivity contribution in [1.82, 2.24) is 19.8 Å². The number of rotatable bonds is 6. The minimum Gasteiger partial charge on any atom is -0.348 e. The Hall–Kier alpha value is -2.37. The van der Waals surface area contributed by atoms with E-state index in [1.54, 1.807) is 0 Å². The van der Waals surface area contributed by atoms with Crippen LogP contribution in [0.1, 0.15) is 28.8 Å². The SMILES string of the molecule is O=C(NCc1ccc(Cl)cc1)c1ccc2c(c1)ncn2CCN1CCCC1. The van der Waals surface area contributed by atoms with Crippen LogP contribution >= 0.6 is 11.6 Å². The fourth-order valence-electron chi connectivity index (χ4n) is 3.53. The topological polar surface area (TPSA) is 50.2 Å². The maximum absolute atomic E-state index is 12.5. The number of likely N-dealkylation sites (tertiary alicyclic amines) is 1. The van der Waals surface area contributed by atoms with Gasteiger partial charge in [0.25, 0.3) is 5.91 Å². The number of halogens is 1. The number of hydrogen-bond acceptors (Lipinski definition) is 3. The molecule has 1 saturated heterocycles. The average Bonchev–Trinajstić information content (AvgIpc) is 3.35. The molecule has 0 bridgehead atoms. The summed E-state index contributed by atoms with van der Waals surface area (Å²) in [6.45, 7) is 4.85. The Morgan fingerprint density at radius 2 is 1.85 bits per heavy atom. The number of carbonyl (C=O) groups excluding carboxylic acids is 1. The zero-order valence-corrected chi connectivity index (χ0v) is 16.0. The van der Waals surface area contributed by atoms with Gasteiger partial charge in [-0.3, -0.25) is 4.79 Å². The highest BCUT2D eigenvalue weighted by Gasteiger charge is 2.13. The van der Waals surface area contributed by atoms with Gasteiger partial charge in [-0.1, -0.05) is 23.7 Å². The average molecular weight is 383 g/mol. The van der Waals surface area contributed by atoms with Gasteiger partial charge >= 0.3 is 0 Å². The Balaban J connectivity index is 1.40. The molecule has 1 amide bonds. The van der Waals surface area contributed by atoms with Crippen molar-refractivity contribution in [2.24, 2.45) is 0 Å². The van der Waals surface area contributed by atoms with E-state index >= 15 is 0 Å². The molecule has 2 heterocycles. The van der Waals surface area contributed by atoms with Gasteiger partial charge in [0, 0.05) is 30.2 Å². The fraction of sp³-hybridized carbons (Fsp3) is 0.333. The molecule has 1 aliphatic heterocycles. The van der Waals surface area contributed by atoms with Crippen LogP contribution < -0.4 is 5.32 Å². The van der Waals surface area contributed by atoms with Crippen molar-refractivity contribution >= 4 is 28.5 Å². The number of nitrogens with zero attached hydrogens (tertiary/aromatic N) is 3. The summed E-state index contributed by atoms with van der Waals surface area (Å²) in [5, 5.41) is 3.64. The van der Waals surface area contributed by atoms with Crippen LogP contribution in [0.25, 0.3) is 11.0 Å². The normalized spacial score (nSPS) is 14.7. The van der Waals surface area contributed by atoms with Crippen LogP contribution in [0.3, 0.4) is 0 Å². The van der Waals surface area contributed by atoms with Crippen molar-refractivity contribution in [1.29, 1.82) is 0 Å². The maximum Gasteiger partial charge on any atom is 0.251 e. The molecule has 2 aromatic carbocycles. The van der Waals surface area contributed by atoms with Crippen LogP contribution in [0.15, 0.2) is 48.8 Å². The van der Waals surface area contributed by atoms with E-state index in [4.69, 9.17) is 11.6 Å². The number of aromatic nitrogens is 2. The number of amides is 1. The summed E-state index contributed by atoms with van der Waals surface area (Å²) < 4.78 is 2.17. The lowest BCUT2D eigenvalue weighted by atomic mass is 10.1. The molecular weight excluding hydrogens is 360 g/mol. The van der Waals surface area contributed by atoms with E-state index in [9.17, 15) is 4.79 Å². The second-order valence-electron chi connectivity index (χ2n) is 7.00. The number of carbonyl (C=O) groups is 1. The standard InChI is InChI=1S/C21H23ClN4O/c22-18-6-3-16(4-7-18)14-23-21(27)17-5-8-20-19(13-17)24-15-26(20)12-11-25-9-1-2-10-25/h3-8,13,15H,1-2,9-12,14H2,(H,23,27). The first-order valence-electron chi connectivity index (χ1n) is 9.39. The third-order valence-electron chi connectivity index (χ3n) is 5.11. The van der Waals surface area contributed by atoms with Crippen LogP contribution in [-0.4, -0.2) is 40.0 Å². The van der Waals surface area contributed by atoms with E-state index in [-0.39, 0.29) is 5.91 Å². The van der Waals surface area contributed by atoms with Crippen molar-refractivity contribution in [3.63, 3.8) is 0 Å². The highest BCUT2D eigenvalue weighted by atomic mass is 35.5. The highest BCUT2D eigenvalue weighted by Crippen LogP contribution is 2.16. The number of benzene rings is 2. The van der Waals surface area contributed by atoms with Crippen molar-refractivity contribution in [3.8, 4) is 0 Å². The van der Waals surface area contributed by atoms with E-state index < -0.39 is 0 Å². The van der Waals surface area contributed by atoms with Gasteiger partial charge in [-0.15, -0.1) is 0 Å². The number of nitrogens with one attached hydrogen (secondary N) is 1. The van der Waals surface area contributed by atoms with Crippen LogP contribution in [0.4, 0.5) is 0 Å². The Kier molecular flexibility index (Phi) is 5.41. The van der Waals surface area contributed by atoms with E-state index in [1.165, 1.54) is 25.9 Å². The molecule has 1 N–H and O–H groups in total. The number of imidazole rings is 1. The summed E-state index contributed by atoms with van der Waals surface area (Å²) >= 11 is 5.89. The van der Waals surface area contributed by atoms with Crippen LogP contribution in [0, 0.1) is 0 Å². The molecule has 0 aliphatic carbocycles. The van der Waals surface area contributed by atoms with E-state index in [2.05, 4.69) is 19.8 Å². The van der Waals surface area contributed by atoms with E-state index in [1.807, 2.05) is 48.8 Å². The van der Waals surface area contributed by atoms with Gasteiger partial charge in [-0.05, 0) is 61.8 Å². The van der Waals surface area contributed by atoms with Crippen LogP contribution in [-0.2, 0) is 13.1 Å². The highest BCUT2D eigenvalue weighted by molar-refractivity contribution is 6.30. The van der Waals surface area contributed by atoms with E-state index in [0.29, 0.717) is 17.1 Å². The van der Waals surface area contributed by atoms with Crippen molar-refractivity contribution in [2.75, 3.05) is 19.6 Å². The minimum absolute atomic E-state index is 0.0986. The second kappa shape index (κ2) is 8.11. The molecule has 0 atom stereocenters. The third kappa shape index (κ3) is 4.31. The quantitative estimate of drug-likeness (QED) is 0.707. The fourth-order valence-corrected chi connectivity index (χ4v) is 3.65. The zero-order chi connectivity index (χ0) is 18.6. The molecule has 0 spiro atoms. The van der Waals surface area contributed by atoms with Gasteiger partial charge in [-0.2, -0.15) is 0 Å². The molecule has 3 aromatic rings. The molecule has 0 saturated carbocycles. The predicted molar refractivity (Wildman–Crippen MR) is 108 cm³/mol. The summed E-state index contributed by atoms with van der Waals surface area (Å²) in [4.78, 5) is 19.4. The number of hydrogen-bond donors (Lipinski definition) is 1. The Morgan fingerprint density at radius 3 is 2.63 bits per heavy atom. The molecule has 6 heteroatoms. The molecule has 1 aliphatic rings. The molecular formula is C21H23ClN4O. The summed E-state index contributed by atoms with van der Waals surface area (Å²) in [5.74, 6) is -0.0986. The number of fused-ring (bicyclic) bond motifs is 1. The summed E-state index contributed by atoms with van der Waals surface area (Å²) in [6, 6.07) is 13.2. The smallest absolute Gasteiger partial charge is 0.251 e. The van der Waals surface area contributed by atoms with Gasteiger partial charge < -0.3 is 14.8 Å². The predicted octanol–water partition coefficient (Wildman–Crippen LogP) is 3.72. The van der Waals surface area contributed by atoms with Crippen molar-refractivity contribution in [3.05, 3.63) is 64.9 Å². The Labute approximate surface area is 163 Å². The summed E-state index contributed by atoms with van der Waals surface area (Å²) in [6.07, 6.45) is 4.48. The first kappa shape index (κ1) is 18.0.